The van der Waals surface area contributed by atoms with E-state index in [2.05, 4.69) is 22.4 Å². The molecule has 1 saturated heterocycles. The lowest BCUT2D eigenvalue weighted by Crippen LogP contribution is -2.34. The highest BCUT2D eigenvalue weighted by molar-refractivity contribution is 6.33. The van der Waals surface area contributed by atoms with Crippen LogP contribution < -0.4 is 5.32 Å². The monoisotopic (exact) mass is 524 g/mol. The topological polar surface area (TPSA) is 97.1 Å². The number of carbonyl (C=O) groups is 1. The molecule has 1 N–H and O–H groups in total. The molecule has 3 heterocycles. The molecule has 0 amide bonds. The minimum Gasteiger partial charge on any atom is -0.381 e. The van der Waals surface area contributed by atoms with E-state index in [1.807, 2.05) is 18.2 Å². The van der Waals surface area contributed by atoms with Crippen molar-refractivity contribution in [1.82, 2.24) is 9.97 Å². The van der Waals surface area contributed by atoms with Crippen LogP contribution in [0.3, 0.4) is 0 Å². The van der Waals surface area contributed by atoms with Crippen molar-refractivity contribution in [2.24, 2.45) is 17.3 Å². The molecule has 37 heavy (non-hydrogen) atoms. The maximum atomic E-state index is 11.8. The first-order valence-corrected chi connectivity index (χ1v) is 13.7. The fourth-order valence-corrected chi connectivity index (χ4v) is 5.64. The number of ketones is 1. The zero-order chi connectivity index (χ0) is 26.1. The van der Waals surface area contributed by atoms with E-state index in [0.717, 1.165) is 74.1 Å². The molecule has 2 fully saturated rings. The van der Waals surface area contributed by atoms with Gasteiger partial charge in [-0.2, -0.15) is 5.26 Å². The zero-order valence-corrected chi connectivity index (χ0v) is 22.4. The van der Waals surface area contributed by atoms with Gasteiger partial charge in [-0.1, -0.05) is 30.5 Å². The van der Waals surface area contributed by atoms with E-state index in [1.165, 1.54) is 0 Å². The van der Waals surface area contributed by atoms with E-state index in [4.69, 9.17) is 26.1 Å². The Balaban J connectivity index is 1.35. The first-order valence-electron chi connectivity index (χ1n) is 13.4. The van der Waals surface area contributed by atoms with Crippen LogP contribution in [0.1, 0.15) is 57.1 Å². The second-order valence-electron chi connectivity index (χ2n) is 10.5. The Morgan fingerprint density at radius 2 is 2.00 bits per heavy atom. The summed E-state index contributed by atoms with van der Waals surface area (Å²) in [6, 6.07) is 10.4. The number of aromatic nitrogens is 2. The zero-order valence-electron chi connectivity index (χ0n) is 21.7. The van der Waals surface area contributed by atoms with Crippen LogP contribution in [-0.2, 0) is 20.7 Å². The predicted molar refractivity (Wildman–Crippen MR) is 144 cm³/mol. The molecular weight excluding hydrogens is 488 g/mol. The highest BCUT2D eigenvalue weighted by atomic mass is 35.5. The summed E-state index contributed by atoms with van der Waals surface area (Å²) >= 11 is 6.55. The number of nitriles is 1. The van der Waals surface area contributed by atoms with Crippen molar-refractivity contribution < 1.29 is 14.3 Å². The maximum absolute atomic E-state index is 11.8. The van der Waals surface area contributed by atoms with E-state index in [9.17, 15) is 10.1 Å². The normalized spacial score (nSPS) is 21.2. The number of rotatable bonds is 11. The molecule has 0 spiro atoms. The largest absolute Gasteiger partial charge is 0.381 e. The average molecular weight is 525 g/mol. The molecule has 198 valence electrons. The van der Waals surface area contributed by atoms with Crippen LogP contribution >= 0.6 is 11.6 Å². The highest BCUT2D eigenvalue weighted by Crippen LogP contribution is 2.35. The number of carbonyl (C=O) groups excluding carboxylic acids is 1. The Morgan fingerprint density at radius 1 is 1.24 bits per heavy atom. The number of ether oxygens (including phenoxy) is 2. The van der Waals surface area contributed by atoms with Gasteiger partial charge < -0.3 is 14.8 Å². The number of anilines is 1. The van der Waals surface area contributed by atoms with Gasteiger partial charge in [-0.05, 0) is 68.6 Å². The Bertz CT molecular complexity index is 1090. The van der Waals surface area contributed by atoms with Crippen LogP contribution in [0.5, 0.6) is 0 Å². The molecule has 0 bridgehead atoms. The molecule has 0 radical (unpaired) electrons. The Labute approximate surface area is 224 Å². The number of hydrogen-bond donors (Lipinski definition) is 1. The van der Waals surface area contributed by atoms with Gasteiger partial charge in [-0.15, -0.1) is 0 Å². The molecule has 1 saturated carbocycles. The third-order valence-electron chi connectivity index (χ3n) is 7.83. The number of nitrogens with one attached hydrogen (secondary N) is 1. The predicted octanol–water partition coefficient (Wildman–Crippen LogP) is 5.87. The number of halogens is 1. The molecule has 4 rings (SSSR count). The van der Waals surface area contributed by atoms with Gasteiger partial charge in [0.05, 0.1) is 22.2 Å². The summed E-state index contributed by atoms with van der Waals surface area (Å²) in [5.74, 6) is 2.15. The molecule has 0 atom stereocenters. The minimum atomic E-state index is -0.421. The Kier molecular flexibility index (Phi) is 9.90. The second-order valence-corrected chi connectivity index (χ2v) is 10.9. The summed E-state index contributed by atoms with van der Waals surface area (Å²) < 4.78 is 10.4. The molecule has 2 aromatic heterocycles. The van der Waals surface area contributed by atoms with Gasteiger partial charge in [-0.3, -0.25) is 9.78 Å². The van der Waals surface area contributed by atoms with Gasteiger partial charge in [0.1, 0.15) is 12.4 Å². The number of methoxy groups -OCH3 is 1. The van der Waals surface area contributed by atoms with Crippen LogP contribution in [0.25, 0.3) is 11.3 Å². The molecule has 1 aliphatic carbocycles. The van der Waals surface area contributed by atoms with Crippen molar-refractivity contribution in [2.75, 3.05) is 38.8 Å². The maximum Gasteiger partial charge on any atom is 0.158 e. The van der Waals surface area contributed by atoms with Crippen molar-refractivity contribution >= 4 is 23.2 Å². The molecule has 8 heteroatoms. The molecule has 2 aliphatic rings. The Morgan fingerprint density at radius 3 is 2.73 bits per heavy atom. The summed E-state index contributed by atoms with van der Waals surface area (Å²) in [6.45, 7) is 2.01. The molecule has 0 aromatic carbocycles. The van der Waals surface area contributed by atoms with Crippen molar-refractivity contribution in [3.63, 3.8) is 0 Å². The van der Waals surface area contributed by atoms with Gasteiger partial charge in [0.2, 0.25) is 0 Å². The van der Waals surface area contributed by atoms with Crippen molar-refractivity contribution in [2.45, 2.75) is 57.8 Å². The fraction of sp³-hybridized carbons (Fsp3) is 0.586. The lowest BCUT2D eigenvalue weighted by atomic mass is 9.78. The SMILES string of the molecule is COCC(=O)CCC1CCC(Cc2cc(-c3cccc(NCC4(C#N)CCOCC4)n3)c(Cl)cn2)CC1. The van der Waals surface area contributed by atoms with E-state index < -0.39 is 5.41 Å². The van der Waals surface area contributed by atoms with E-state index >= 15 is 0 Å². The third-order valence-corrected chi connectivity index (χ3v) is 8.13. The summed E-state index contributed by atoms with van der Waals surface area (Å²) in [6.07, 6.45) is 10.3. The fourth-order valence-electron chi connectivity index (χ4n) is 5.44. The first-order chi connectivity index (χ1) is 18.0. The van der Waals surface area contributed by atoms with E-state index in [0.29, 0.717) is 43.0 Å². The second kappa shape index (κ2) is 13.3. The molecule has 2 aromatic rings. The average Bonchev–Trinajstić information content (AvgIpc) is 2.93. The molecule has 1 aliphatic heterocycles. The number of hydrogen-bond acceptors (Lipinski definition) is 7. The minimum absolute atomic E-state index is 0.198. The lowest BCUT2D eigenvalue weighted by Gasteiger charge is -2.30. The van der Waals surface area contributed by atoms with Crippen molar-refractivity contribution in [3.8, 4) is 17.3 Å². The lowest BCUT2D eigenvalue weighted by molar-refractivity contribution is -0.123. The van der Waals surface area contributed by atoms with Gasteiger partial charge in [-0.25, -0.2) is 4.98 Å². The third kappa shape index (κ3) is 7.73. The molecule has 7 nitrogen and oxygen atoms in total. The van der Waals surface area contributed by atoms with E-state index in [-0.39, 0.29) is 12.4 Å². The Hall–Kier alpha value is -2.53. The number of Topliss-reactive ketones (excluding diaryl/α,β-unsaturated/α-hetero) is 1. The molecule has 0 unspecified atom stereocenters. The van der Waals surface area contributed by atoms with Gasteiger partial charge in [0.25, 0.3) is 0 Å². The van der Waals surface area contributed by atoms with Crippen molar-refractivity contribution in [1.29, 1.82) is 5.26 Å². The van der Waals surface area contributed by atoms with Crippen LogP contribution in [0.15, 0.2) is 30.5 Å². The summed E-state index contributed by atoms with van der Waals surface area (Å²) in [5, 5.41) is 13.7. The summed E-state index contributed by atoms with van der Waals surface area (Å²) in [5.41, 5.74) is 2.28. The van der Waals surface area contributed by atoms with Crippen LogP contribution in [0, 0.1) is 28.6 Å². The number of pyridine rings is 2. The highest BCUT2D eigenvalue weighted by Gasteiger charge is 2.32. The summed E-state index contributed by atoms with van der Waals surface area (Å²) in [4.78, 5) is 21.2. The van der Waals surface area contributed by atoms with E-state index in [1.54, 1.807) is 13.3 Å². The molecular formula is C29H37ClN4O3. The number of nitrogens with zero attached hydrogens (tertiary/aromatic N) is 3. The smallest absolute Gasteiger partial charge is 0.158 e. The van der Waals surface area contributed by atoms with Crippen molar-refractivity contribution in [3.05, 3.63) is 41.2 Å². The summed E-state index contributed by atoms with van der Waals surface area (Å²) in [7, 11) is 1.57. The van der Waals surface area contributed by atoms with Crippen LogP contribution in [0.2, 0.25) is 5.02 Å². The quantitative estimate of drug-likeness (QED) is 0.392. The van der Waals surface area contributed by atoms with Gasteiger partial charge >= 0.3 is 0 Å². The first kappa shape index (κ1) is 27.5. The van der Waals surface area contributed by atoms with Gasteiger partial charge in [0.15, 0.2) is 5.78 Å². The standard InChI is InChI=1S/C29H37ClN4O3/c1-36-18-24(35)10-9-21-5-7-22(8-6-21)15-23-16-25(26(30)17-32-23)27-3-2-4-28(34-27)33-20-29(19-31)11-13-37-14-12-29/h2-4,16-17,21-22H,5-15,18,20H2,1H3,(H,33,34). The van der Waals surface area contributed by atoms with Crippen LogP contribution in [-0.4, -0.2) is 49.2 Å². The van der Waals surface area contributed by atoms with Gasteiger partial charge in [0, 0.05) is 50.7 Å². The van der Waals surface area contributed by atoms with Crippen LogP contribution in [0.4, 0.5) is 5.82 Å².